The van der Waals surface area contributed by atoms with E-state index in [9.17, 15) is 4.21 Å². The molecular weight excluding hydrogens is 374 g/mol. The van der Waals surface area contributed by atoms with E-state index in [0.717, 1.165) is 30.4 Å². The van der Waals surface area contributed by atoms with Crippen LogP contribution < -0.4 is 4.72 Å². The van der Waals surface area contributed by atoms with Gasteiger partial charge in [0.05, 0.1) is 4.90 Å². The monoisotopic (exact) mass is 403 g/mol. The summed E-state index contributed by atoms with van der Waals surface area (Å²) in [5.41, 5.74) is 3.71. The minimum Gasteiger partial charge on any atom is -0.396 e. The lowest BCUT2D eigenvalue weighted by atomic mass is 9.80. The summed E-state index contributed by atoms with van der Waals surface area (Å²) in [6, 6.07) is 16.2. The van der Waals surface area contributed by atoms with Crippen LogP contribution in [0, 0.1) is 12.3 Å². The number of hydrogen-bond donors (Lipinski definition) is 2. The molecule has 3 nitrogen and oxygen atoms in total. The fourth-order valence-corrected chi connectivity index (χ4v) is 5.64. The Hall–Kier alpha value is -1.27. The minimum atomic E-state index is -2.65. The molecule has 0 spiro atoms. The maximum atomic E-state index is 13.0. The van der Waals surface area contributed by atoms with Gasteiger partial charge >= 0.3 is 0 Å². The molecule has 0 saturated heterocycles. The third kappa shape index (κ3) is 5.38. The summed E-state index contributed by atoms with van der Waals surface area (Å²) in [7, 11) is -2.65. The summed E-state index contributed by atoms with van der Waals surface area (Å²) < 4.78 is 16.3. The molecular formula is C22H29NO2S2. The highest BCUT2D eigenvalue weighted by Crippen LogP contribution is 2.40. The topological polar surface area (TPSA) is 49.3 Å². The summed E-state index contributed by atoms with van der Waals surface area (Å²) in [5, 5.41) is 9.07. The Morgan fingerprint density at radius 3 is 2.22 bits per heavy atom. The highest BCUT2D eigenvalue weighted by molar-refractivity contribution is 8.31. The first-order valence-electron chi connectivity index (χ1n) is 9.68. The van der Waals surface area contributed by atoms with E-state index < -0.39 is 8.68 Å². The van der Waals surface area contributed by atoms with Gasteiger partial charge in [0.2, 0.25) is 0 Å². The van der Waals surface area contributed by atoms with Crippen LogP contribution in [0.25, 0.3) is 0 Å². The molecule has 146 valence electrons. The van der Waals surface area contributed by atoms with Crippen molar-refractivity contribution in [1.29, 1.82) is 0 Å². The average molecular weight is 404 g/mol. The van der Waals surface area contributed by atoms with Gasteiger partial charge in [0.1, 0.15) is 8.68 Å². The quantitative estimate of drug-likeness (QED) is 0.702. The first-order valence-corrected chi connectivity index (χ1v) is 12.2. The van der Waals surface area contributed by atoms with Gasteiger partial charge in [-0.15, -0.1) is 0 Å². The van der Waals surface area contributed by atoms with Gasteiger partial charge in [-0.3, -0.25) is 0 Å². The molecule has 3 rings (SSSR count). The Balaban J connectivity index is 1.70. The SMILES string of the molecule is Cc1ccc(S(=O)(=S)NCC2(Cc3ccc(CCO)cc3)CCCC2)cc1. The zero-order chi connectivity index (χ0) is 19.3. The molecule has 1 aliphatic carbocycles. The van der Waals surface area contributed by atoms with Gasteiger partial charge in [0.15, 0.2) is 0 Å². The van der Waals surface area contributed by atoms with E-state index in [-0.39, 0.29) is 12.0 Å². The van der Waals surface area contributed by atoms with Gasteiger partial charge in [0.25, 0.3) is 0 Å². The number of hydrogen-bond acceptors (Lipinski definition) is 3. The van der Waals surface area contributed by atoms with Crippen molar-refractivity contribution in [1.82, 2.24) is 4.72 Å². The van der Waals surface area contributed by atoms with Crippen LogP contribution in [-0.4, -0.2) is 22.5 Å². The van der Waals surface area contributed by atoms with Crippen molar-refractivity contribution in [2.45, 2.75) is 50.3 Å². The number of aliphatic hydroxyl groups excluding tert-OH is 1. The Morgan fingerprint density at radius 2 is 1.63 bits per heavy atom. The van der Waals surface area contributed by atoms with E-state index in [1.807, 2.05) is 31.2 Å². The van der Waals surface area contributed by atoms with Crippen molar-refractivity contribution in [2.75, 3.05) is 13.2 Å². The lowest BCUT2D eigenvalue weighted by Gasteiger charge is -2.30. The van der Waals surface area contributed by atoms with Gasteiger partial charge in [-0.2, -0.15) is 0 Å². The number of aliphatic hydroxyl groups is 1. The lowest BCUT2D eigenvalue weighted by Crippen LogP contribution is -2.37. The molecule has 0 aromatic heterocycles. The van der Waals surface area contributed by atoms with Gasteiger partial charge in [-0.05, 0) is 61.3 Å². The molecule has 1 aliphatic rings. The molecule has 0 heterocycles. The van der Waals surface area contributed by atoms with Gasteiger partial charge < -0.3 is 5.11 Å². The molecule has 1 saturated carbocycles. The van der Waals surface area contributed by atoms with Crippen LogP contribution in [0.5, 0.6) is 0 Å². The standard InChI is InChI=1S/C22H29NO2S2/c1-18-4-10-21(11-5-18)27(25,26)23-17-22(13-2-3-14-22)16-20-8-6-19(7-9-20)12-15-24/h4-11,23-24H,2-3,12-17H2,1H3. The van der Waals surface area contributed by atoms with Crippen LogP contribution in [0.3, 0.4) is 0 Å². The second-order valence-corrected chi connectivity index (χ2v) is 11.0. The normalized spacial score (nSPS) is 18.3. The van der Waals surface area contributed by atoms with Crippen molar-refractivity contribution in [2.24, 2.45) is 5.41 Å². The Morgan fingerprint density at radius 1 is 1.04 bits per heavy atom. The van der Waals surface area contributed by atoms with Gasteiger partial charge in [-0.1, -0.05) is 54.8 Å². The zero-order valence-corrected chi connectivity index (χ0v) is 17.6. The van der Waals surface area contributed by atoms with Crippen LogP contribution in [0.4, 0.5) is 0 Å². The predicted octanol–water partition coefficient (Wildman–Crippen LogP) is 3.94. The Labute approximate surface area is 168 Å². The second kappa shape index (κ2) is 8.82. The molecule has 1 unspecified atom stereocenters. The minimum absolute atomic E-state index is 0.116. The van der Waals surface area contributed by atoms with E-state index in [0.29, 0.717) is 17.9 Å². The Kier molecular flexibility index (Phi) is 6.69. The average Bonchev–Trinajstić information content (AvgIpc) is 3.11. The summed E-state index contributed by atoms with van der Waals surface area (Å²) in [5.74, 6) is 0. The third-order valence-electron chi connectivity index (χ3n) is 5.64. The molecule has 5 heteroatoms. The summed E-state index contributed by atoms with van der Waals surface area (Å²) >= 11 is 5.44. The fourth-order valence-electron chi connectivity index (χ4n) is 3.98. The van der Waals surface area contributed by atoms with Crippen LogP contribution in [0.15, 0.2) is 53.4 Å². The predicted molar refractivity (Wildman–Crippen MR) is 115 cm³/mol. The molecule has 27 heavy (non-hydrogen) atoms. The molecule has 2 N–H and O–H groups in total. The summed E-state index contributed by atoms with van der Waals surface area (Å²) in [6.45, 7) is 2.88. The first-order chi connectivity index (χ1) is 12.9. The largest absolute Gasteiger partial charge is 0.396 e. The van der Waals surface area contributed by atoms with Gasteiger partial charge in [0, 0.05) is 24.3 Å². The summed E-state index contributed by atoms with van der Waals surface area (Å²) in [4.78, 5) is 0.699. The van der Waals surface area contributed by atoms with Crippen molar-refractivity contribution in [3.05, 3.63) is 65.2 Å². The van der Waals surface area contributed by atoms with Gasteiger partial charge in [-0.25, -0.2) is 8.93 Å². The maximum Gasteiger partial charge on any atom is 0.119 e. The molecule has 0 bridgehead atoms. The zero-order valence-electron chi connectivity index (χ0n) is 15.9. The molecule has 0 amide bonds. The number of nitrogens with one attached hydrogen (secondary N) is 1. The highest BCUT2D eigenvalue weighted by Gasteiger charge is 2.34. The molecule has 0 aliphatic heterocycles. The maximum absolute atomic E-state index is 13.0. The smallest absolute Gasteiger partial charge is 0.119 e. The molecule has 1 fully saturated rings. The van der Waals surface area contributed by atoms with E-state index in [1.54, 1.807) is 0 Å². The molecule has 2 aromatic carbocycles. The van der Waals surface area contributed by atoms with Crippen LogP contribution in [0.1, 0.15) is 42.4 Å². The van der Waals surface area contributed by atoms with Crippen LogP contribution in [-0.2, 0) is 32.7 Å². The highest BCUT2D eigenvalue weighted by atomic mass is 32.8. The number of benzene rings is 2. The number of aryl methyl sites for hydroxylation is 1. The van der Waals surface area contributed by atoms with Crippen molar-refractivity contribution >= 4 is 19.9 Å². The lowest BCUT2D eigenvalue weighted by molar-refractivity contribution is 0.296. The van der Waals surface area contributed by atoms with E-state index in [4.69, 9.17) is 16.3 Å². The first kappa shape index (κ1) is 20.5. The third-order valence-corrected chi connectivity index (χ3v) is 7.98. The van der Waals surface area contributed by atoms with Crippen LogP contribution in [0.2, 0.25) is 0 Å². The van der Waals surface area contributed by atoms with E-state index >= 15 is 0 Å². The molecule has 0 radical (unpaired) electrons. The van der Waals surface area contributed by atoms with E-state index in [2.05, 4.69) is 29.0 Å². The van der Waals surface area contributed by atoms with Crippen molar-refractivity contribution < 1.29 is 9.32 Å². The molecule has 2 aromatic rings. The number of rotatable bonds is 8. The molecule has 1 atom stereocenters. The summed E-state index contributed by atoms with van der Waals surface area (Å²) in [6.07, 6.45) is 6.37. The van der Waals surface area contributed by atoms with Crippen molar-refractivity contribution in [3.8, 4) is 0 Å². The van der Waals surface area contributed by atoms with E-state index in [1.165, 1.54) is 18.4 Å². The van der Waals surface area contributed by atoms with Crippen molar-refractivity contribution in [3.63, 3.8) is 0 Å². The Bertz CT molecular complexity index is 837. The van der Waals surface area contributed by atoms with Crippen LogP contribution >= 0.6 is 0 Å². The second-order valence-electron chi connectivity index (χ2n) is 7.81. The fraction of sp³-hybridized carbons (Fsp3) is 0.455.